The van der Waals surface area contributed by atoms with E-state index >= 15 is 0 Å². The Bertz CT molecular complexity index is 455. The highest BCUT2D eigenvalue weighted by Crippen LogP contribution is 2.35. The summed E-state index contributed by atoms with van der Waals surface area (Å²) in [5, 5.41) is 24.1. The van der Waals surface area contributed by atoms with Crippen LogP contribution in [0.2, 0.25) is 0 Å². The number of para-hydroxylation sites is 1. The zero-order chi connectivity index (χ0) is 14.6. The molecule has 0 unspecified atom stereocenters. The Hall–Kier alpha value is -1.82. The second-order valence-corrected chi connectivity index (χ2v) is 5.13. The van der Waals surface area contributed by atoms with E-state index in [0.717, 1.165) is 0 Å². The van der Waals surface area contributed by atoms with Crippen molar-refractivity contribution in [3.63, 3.8) is 0 Å². The molecule has 1 aromatic carbocycles. The maximum absolute atomic E-state index is 11.3. The fourth-order valence-electron chi connectivity index (χ4n) is 2.03. The number of hydrogen-bond acceptors (Lipinski definition) is 5. The number of nitrogens with zero attached hydrogens (tertiary/aromatic N) is 2. The van der Waals surface area contributed by atoms with Crippen LogP contribution < -0.4 is 10.2 Å². The second kappa shape index (κ2) is 5.88. The molecular formula is C13H21N3O3. The first-order valence-electron chi connectivity index (χ1n) is 6.21. The van der Waals surface area contributed by atoms with Crippen LogP contribution in [0.3, 0.4) is 0 Å². The van der Waals surface area contributed by atoms with Gasteiger partial charge in [-0.1, -0.05) is 6.07 Å². The van der Waals surface area contributed by atoms with E-state index in [1.165, 1.54) is 0 Å². The Kier molecular flexibility index (Phi) is 4.72. The van der Waals surface area contributed by atoms with E-state index < -0.39 is 10.5 Å². The molecule has 0 saturated heterocycles. The third kappa shape index (κ3) is 4.10. The number of nitrogens with one attached hydrogen (secondary N) is 1. The Morgan fingerprint density at radius 3 is 2.58 bits per heavy atom. The number of nitro groups is 1. The molecule has 0 bridgehead atoms. The van der Waals surface area contributed by atoms with Crippen LogP contribution in [0.4, 0.5) is 17.1 Å². The van der Waals surface area contributed by atoms with Gasteiger partial charge in [-0.05, 0) is 32.9 Å². The van der Waals surface area contributed by atoms with Crippen molar-refractivity contribution in [2.45, 2.75) is 26.4 Å². The average molecular weight is 267 g/mol. The summed E-state index contributed by atoms with van der Waals surface area (Å²) in [5.41, 5.74) is 0.103. The standard InChI is InChI=1S/C13H21N3O3/c1-5-14-10-7-6-8-11(12(10)16(18)19)15(4)9-13(2,3)17/h6-8,14,17H,5,9H2,1-4H3. The highest BCUT2D eigenvalue weighted by molar-refractivity contribution is 5.76. The number of hydrogen-bond donors (Lipinski definition) is 2. The molecule has 0 spiro atoms. The van der Waals surface area contributed by atoms with Gasteiger partial charge in [0.15, 0.2) is 0 Å². The first-order valence-corrected chi connectivity index (χ1v) is 6.21. The van der Waals surface area contributed by atoms with E-state index in [4.69, 9.17) is 0 Å². The smallest absolute Gasteiger partial charge is 0.315 e. The number of nitro benzene ring substituents is 1. The third-order valence-electron chi connectivity index (χ3n) is 2.60. The van der Waals surface area contributed by atoms with E-state index in [-0.39, 0.29) is 5.69 Å². The molecule has 1 aromatic rings. The lowest BCUT2D eigenvalue weighted by Gasteiger charge is -2.27. The molecule has 0 fully saturated rings. The molecule has 0 heterocycles. The highest BCUT2D eigenvalue weighted by atomic mass is 16.6. The van der Waals surface area contributed by atoms with E-state index in [1.54, 1.807) is 44.0 Å². The molecule has 1 rings (SSSR count). The van der Waals surface area contributed by atoms with Crippen LogP contribution in [-0.4, -0.2) is 35.8 Å². The van der Waals surface area contributed by atoms with Gasteiger partial charge in [-0.2, -0.15) is 0 Å². The number of rotatable bonds is 6. The van der Waals surface area contributed by atoms with Gasteiger partial charge in [0.05, 0.1) is 10.5 Å². The molecule has 19 heavy (non-hydrogen) atoms. The monoisotopic (exact) mass is 267 g/mol. The number of aliphatic hydroxyl groups is 1. The van der Waals surface area contributed by atoms with Crippen LogP contribution in [0.5, 0.6) is 0 Å². The molecule has 0 aliphatic rings. The lowest BCUT2D eigenvalue weighted by molar-refractivity contribution is -0.383. The summed E-state index contributed by atoms with van der Waals surface area (Å²) in [5.74, 6) is 0. The van der Waals surface area contributed by atoms with Crippen LogP contribution in [0.1, 0.15) is 20.8 Å². The number of anilines is 2. The lowest BCUT2D eigenvalue weighted by Crippen LogP contribution is -2.36. The number of likely N-dealkylation sites (N-methyl/N-ethyl adjacent to an activating group) is 1. The molecule has 0 radical (unpaired) electrons. The molecule has 6 heteroatoms. The van der Waals surface area contributed by atoms with Crippen molar-refractivity contribution in [2.24, 2.45) is 0 Å². The van der Waals surface area contributed by atoms with Gasteiger partial charge in [0.1, 0.15) is 11.4 Å². The van der Waals surface area contributed by atoms with Crippen LogP contribution in [0.25, 0.3) is 0 Å². The third-order valence-corrected chi connectivity index (χ3v) is 2.60. The zero-order valence-corrected chi connectivity index (χ0v) is 11.8. The summed E-state index contributed by atoms with van der Waals surface area (Å²) in [6, 6.07) is 5.13. The van der Waals surface area contributed by atoms with Gasteiger partial charge in [-0.25, -0.2) is 0 Å². The Balaban J connectivity index is 3.19. The Labute approximate surface area is 113 Å². The van der Waals surface area contributed by atoms with Gasteiger partial charge in [0.25, 0.3) is 0 Å². The molecule has 0 aromatic heterocycles. The summed E-state index contributed by atoms with van der Waals surface area (Å²) < 4.78 is 0. The van der Waals surface area contributed by atoms with Gasteiger partial charge in [0.2, 0.25) is 0 Å². The quantitative estimate of drug-likeness (QED) is 0.610. The molecule has 6 nitrogen and oxygen atoms in total. The topological polar surface area (TPSA) is 78.6 Å². The fourth-order valence-corrected chi connectivity index (χ4v) is 2.03. The fraction of sp³-hybridized carbons (Fsp3) is 0.538. The normalized spacial score (nSPS) is 11.2. The molecule has 2 N–H and O–H groups in total. The number of benzene rings is 1. The predicted molar refractivity (Wildman–Crippen MR) is 76.8 cm³/mol. The van der Waals surface area contributed by atoms with Crippen molar-refractivity contribution in [1.29, 1.82) is 0 Å². The van der Waals surface area contributed by atoms with E-state index in [0.29, 0.717) is 24.5 Å². The van der Waals surface area contributed by atoms with Gasteiger partial charge >= 0.3 is 5.69 Å². The van der Waals surface area contributed by atoms with Crippen molar-refractivity contribution in [1.82, 2.24) is 0 Å². The van der Waals surface area contributed by atoms with Crippen molar-refractivity contribution >= 4 is 17.1 Å². The van der Waals surface area contributed by atoms with Crippen LogP contribution >= 0.6 is 0 Å². The molecule has 0 amide bonds. The lowest BCUT2D eigenvalue weighted by atomic mass is 10.1. The van der Waals surface area contributed by atoms with E-state index in [9.17, 15) is 15.2 Å². The van der Waals surface area contributed by atoms with E-state index in [1.807, 2.05) is 6.92 Å². The largest absolute Gasteiger partial charge is 0.389 e. The van der Waals surface area contributed by atoms with Crippen molar-refractivity contribution in [2.75, 3.05) is 30.4 Å². The zero-order valence-electron chi connectivity index (χ0n) is 11.8. The van der Waals surface area contributed by atoms with Crippen molar-refractivity contribution in [3.05, 3.63) is 28.3 Å². The van der Waals surface area contributed by atoms with Crippen LogP contribution in [0.15, 0.2) is 18.2 Å². The maximum Gasteiger partial charge on any atom is 0.315 e. The predicted octanol–water partition coefficient (Wildman–Crippen LogP) is 2.23. The summed E-state index contributed by atoms with van der Waals surface area (Å²) in [6.07, 6.45) is 0. The molecule has 106 valence electrons. The van der Waals surface area contributed by atoms with Gasteiger partial charge in [0, 0.05) is 20.1 Å². The molecule has 0 saturated carbocycles. The summed E-state index contributed by atoms with van der Waals surface area (Å²) in [6.45, 7) is 6.15. The Morgan fingerprint density at radius 1 is 1.47 bits per heavy atom. The summed E-state index contributed by atoms with van der Waals surface area (Å²) in [4.78, 5) is 12.6. The molecular weight excluding hydrogens is 246 g/mol. The van der Waals surface area contributed by atoms with Crippen molar-refractivity contribution in [3.8, 4) is 0 Å². The summed E-state index contributed by atoms with van der Waals surface area (Å²) >= 11 is 0. The Morgan fingerprint density at radius 2 is 2.11 bits per heavy atom. The molecule has 0 aliphatic heterocycles. The van der Waals surface area contributed by atoms with Gasteiger partial charge < -0.3 is 15.3 Å². The molecule has 0 atom stereocenters. The highest BCUT2D eigenvalue weighted by Gasteiger charge is 2.24. The minimum Gasteiger partial charge on any atom is -0.389 e. The first kappa shape index (κ1) is 15.2. The van der Waals surface area contributed by atoms with Crippen LogP contribution in [-0.2, 0) is 0 Å². The van der Waals surface area contributed by atoms with Gasteiger partial charge in [-0.15, -0.1) is 0 Å². The first-order chi connectivity index (χ1) is 8.76. The van der Waals surface area contributed by atoms with Gasteiger partial charge in [-0.3, -0.25) is 10.1 Å². The average Bonchev–Trinajstić information content (AvgIpc) is 2.26. The maximum atomic E-state index is 11.3. The molecule has 0 aliphatic carbocycles. The minimum absolute atomic E-state index is 0.0381. The minimum atomic E-state index is -0.920. The van der Waals surface area contributed by atoms with Crippen LogP contribution in [0, 0.1) is 10.1 Å². The summed E-state index contributed by atoms with van der Waals surface area (Å²) in [7, 11) is 1.73. The van der Waals surface area contributed by atoms with Crippen molar-refractivity contribution < 1.29 is 10.0 Å². The SMILES string of the molecule is CCNc1cccc(N(C)CC(C)(C)O)c1[N+](=O)[O-]. The second-order valence-electron chi connectivity index (χ2n) is 5.13. The van der Waals surface area contributed by atoms with E-state index in [2.05, 4.69) is 5.32 Å².